The summed E-state index contributed by atoms with van der Waals surface area (Å²) in [5.74, 6) is -1.69. The zero-order valence-electron chi connectivity index (χ0n) is 10.7. The van der Waals surface area contributed by atoms with Crippen LogP contribution in [0.25, 0.3) is 0 Å². The van der Waals surface area contributed by atoms with Crippen molar-refractivity contribution < 1.29 is 13.6 Å². The Hall–Kier alpha value is -1.16. The summed E-state index contributed by atoms with van der Waals surface area (Å²) >= 11 is 5.82. The van der Waals surface area contributed by atoms with Gasteiger partial charge in [0.1, 0.15) is 17.2 Å². The van der Waals surface area contributed by atoms with Crippen LogP contribution in [0.5, 0.6) is 0 Å². The van der Waals surface area contributed by atoms with Crippen molar-refractivity contribution in [2.24, 2.45) is 5.92 Å². The quantitative estimate of drug-likeness (QED) is 0.848. The topological polar surface area (TPSA) is 29.1 Å². The van der Waals surface area contributed by atoms with Gasteiger partial charge in [0.15, 0.2) is 0 Å². The van der Waals surface area contributed by atoms with Crippen molar-refractivity contribution in [2.45, 2.75) is 32.2 Å². The molecule has 0 spiro atoms. The smallest absolute Gasteiger partial charge is 0.257 e. The highest BCUT2D eigenvalue weighted by molar-refractivity contribution is 6.18. The Bertz CT molecular complexity index is 493. The van der Waals surface area contributed by atoms with Crippen LogP contribution in [0.15, 0.2) is 12.1 Å². The Labute approximate surface area is 116 Å². The monoisotopic (exact) mass is 287 g/mol. The van der Waals surface area contributed by atoms with E-state index in [4.69, 9.17) is 11.6 Å². The normalized spacial score (nSPS) is 22.5. The highest BCUT2D eigenvalue weighted by atomic mass is 35.5. The van der Waals surface area contributed by atoms with Crippen LogP contribution >= 0.6 is 11.6 Å². The van der Waals surface area contributed by atoms with Gasteiger partial charge >= 0.3 is 0 Å². The minimum absolute atomic E-state index is 0.0932. The Balaban J connectivity index is 2.19. The van der Waals surface area contributed by atoms with E-state index in [2.05, 4.69) is 5.32 Å². The number of aryl methyl sites for hydroxylation is 1. The highest BCUT2D eigenvalue weighted by Gasteiger charge is 2.29. The van der Waals surface area contributed by atoms with Gasteiger partial charge in [0.2, 0.25) is 0 Å². The Morgan fingerprint density at radius 1 is 1.42 bits per heavy atom. The number of hydrogen-bond donors (Lipinski definition) is 1. The first-order valence-electron chi connectivity index (χ1n) is 6.36. The fourth-order valence-electron chi connectivity index (χ4n) is 2.52. The van der Waals surface area contributed by atoms with E-state index in [9.17, 15) is 13.6 Å². The Morgan fingerprint density at radius 3 is 2.84 bits per heavy atom. The molecule has 0 aromatic heterocycles. The second-order valence-corrected chi connectivity index (χ2v) is 5.29. The minimum Gasteiger partial charge on any atom is -0.349 e. The molecule has 1 amide bonds. The first kappa shape index (κ1) is 14.3. The summed E-state index contributed by atoms with van der Waals surface area (Å²) in [6.45, 7) is 1.50. The zero-order valence-corrected chi connectivity index (χ0v) is 11.4. The van der Waals surface area contributed by atoms with E-state index in [0.29, 0.717) is 5.88 Å². The summed E-state index contributed by atoms with van der Waals surface area (Å²) in [5, 5.41) is 2.70. The van der Waals surface area contributed by atoms with Crippen molar-refractivity contribution in [3.8, 4) is 0 Å². The number of nitrogens with one attached hydrogen (secondary N) is 1. The summed E-state index contributed by atoms with van der Waals surface area (Å²) in [5.41, 5.74) is -0.243. The van der Waals surface area contributed by atoms with Crippen LogP contribution in [0.3, 0.4) is 0 Å². The third-order valence-corrected chi connectivity index (χ3v) is 4.08. The molecular weight excluding hydrogens is 272 g/mol. The number of carbonyl (C=O) groups is 1. The van der Waals surface area contributed by atoms with Crippen molar-refractivity contribution in [1.29, 1.82) is 0 Å². The lowest BCUT2D eigenvalue weighted by atomic mass is 10.0. The number of halogens is 3. The van der Waals surface area contributed by atoms with E-state index in [1.807, 2.05) is 0 Å². The largest absolute Gasteiger partial charge is 0.349 e. The number of carbonyl (C=O) groups excluding carboxylic acids is 1. The first-order valence-corrected chi connectivity index (χ1v) is 6.89. The van der Waals surface area contributed by atoms with Gasteiger partial charge in [0.05, 0.1) is 0 Å². The molecule has 1 aliphatic rings. The molecule has 1 N–H and O–H groups in total. The molecule has 2 nitrogen and oxygen atoms in total. The van der Waals surface area contributed by atoms with Gasteiger partial charge in [-0.15, -0.1) is 11.6 Å². The van der Waals surface area contributed by atoms with Crippen LogP contribution in [0.4, 0.5) is 8.78 Å². The molecule has 1 aliphatic carbocycles. The molecule has 1 aromatic carbocycles. The van der Waals surface area contributed by atoms with Crippen LogP contribution in [0.2, 0.25) is 0 Å². The van der Waals surface area contributed by atoms with Gasteiger partial charge < -0.3 is 5.32 Å². The van der Waals surface area contributed by atoms with Crippen molar-refractivity contribution in [3.63, 3.8) is 0 Å². The first-order chi connectivity index (χ1) is 9.04. The zero-order chi connectivity index (χ0) is 14.0. The molecule has 1 saturated carbocycles. The summed E-state index contributed by atoms with van der Waals surface area (Å²) in [7, 11) is 0. The van der Waals surface area contributed by atoms with Crippen LogP contribution < -0.4 is 5.32 Å². The Morgan fingerprint density at radius 2 is 2.16 bits per heavy atom. The van der Waals surface area contributed by atoms with Crippen molar-refractivity contribution >= 4 is 17.5 Å². The third kappa shape index (κ3) is 2.89. The SMILES string of the molecule is Cc1ccc(F)c(C(=O)NC2CCCC2CCl)c1F. The molecule has 19 heavy (non-hydrogen) atoms. The lowest BCUT2D eigenvalue weighted by Crippen LogP contribution is -2.38. The molecule has 1 aromatic rings. The number of hydrogen-bond acceptors (Lipinski definition) is 1. The molecule has 0 radical (unpaired) electrons. The van der Waals surface area contributed by atoms with E-state index < -0.39 is 23.1 Å². The molecule has 5 heteroatoms. The molecular formula is C14H16ClF2NO. The van der Waals surface area contributed by atoms with Gasteiger partial charge in [0.25, 0.3) is 5.91 Å². The molecule has 0 aliphatic heterocycles. The summed E-state index contributed by atoms with van der Waals surface area (Å²) < 4.78 is 27.4. The average Bonchev–Trinajstić information content (AvgIpc) is 2.81. The van der Waals surface area contributed by atoms with Crippen molar-refractivity contribution in [2.75, 3.05) is 5.88 Å². The van der Waals surface area contributed by atoms with Gasteiger partial charge in [-0.2, -0.15) is 0 Å². The van der Waals surface area contributed by atoms with Crippen LogP contribution in [-0.4, -0.2) is 17.8 Å². The van der Waals surface area contributed by atoms with Gasteiger partial charge in [-0.3, -0.25) is 4.79 Å². The maximum atomic E-state index is 13.8. The number of alkyl halides is 1. The van der Waals surface area contributed by atoms with E-state index in [0.717, 1.165) is 25.3 Å². The van der Waals surface area contributed by atoms with E-state index >= 15 is 0 Å². The molecule has 2 unspecified atom stereocenters. The van der Waals surface area contributed by atoms with Crippen LogP contribution in [-0.2, 0) is 0 Å². The maximum Gasteiger partial charge on any atom is 0.257 e. The van der Waals surface area contributed by atoms with Gasteiger partial charge in [-0.25, -0.2) is 8.78 Å². The molecule has 1 fully saturated rings. The van der Waals surface area contributed by atoms with Gasteiger partial charge in [0, 0.05) is 11.9 Å². The lowest BCUT2D eigenvalue weighted by molar-refractivity contribution is 0.0921. The summed E-state index contributed by atoms with van der Waals surface area (Å²) in [6.07, 6.45) is 2.71. The van der Waals surface area contributed by atoms with E-state index in [1.165, 1.54) is 13.0 Å². The fourth-order valence-corrected chi connectivity index (χ4v) is 2.89. The third-order valence-electron chi connectivity index (χ3n) is 3.69. The second-order valence-electron chi connectivity index (χ2n) is 4.98. The fraction of sp³-hybridized carbons (Fsp3) is 0.500. The number of amides is 1. The average molecular weight is 288 g/mol. The maximum absolute atomic E-state index is 13.8. The number of rotatable bonds is 3. The van der Waals surface area contributed by atoms with Crippen LogP contribution in [0, 0.1) is 24.5 Å². The predicted molar refractivity (Wildman–Crippen MR) is 70.4 cm³/mol. The summed E-state index contributed by atoms with van der Waals surface area (Å²) in [6, 6.07) is 2.34. The number of benzene rings is 1. The minimum atomic E-state index is -0.832. The van der Waals surface area contributed by atoms with Crippen molar-refractivity contribution in [1.82, 2.24) is 5.32 Å². The van der Waals surface area contributed by atoms with E-state index in [1.54, 1.807) is 0 Å². The van der Waals surface area contributed by atoms with E-state index in [-0.39, 0.29) is 17.5 Å². The second kappa shape index (κ2) is 5.87. The van der Waals surface area contributed by atoms with Crippen molar-refractivity contribution in [3.05, 3.63) is 34.9 Å². The molecule has 104 valence electrons. The van der Waals surface area contributed by atoms with Crippen LogP contribution in [0.1, 0.15) is 35.2 Å². The standard InChI is InChI=1S/C14H16ClF2NO/c1-8-5-6-10(16)12(13(8)17)14(19)18-11-4-2-3-9(11)7-15/h5-6,9,11H,2-4,7H2,1H3,(H,18,19). The van der Waals surface area contributed by atoms with Gasteiger partial charge in [-0.05, 0) is 37.3 Å². The predicted octanol–water partition coefficient (Wildman–Crippen LogP) is 3.41. The summed E-state index contributed by atoms with van der Waals surface area (Å²) in [4.78, 5) is 12.0. The molecule has 0 bridgehead atoms. The molecule has 2 atom stereocenters. The molecule has 0 heterocycles. The molecule has 2 rings (SSSR count). The van der Waals surface area contributed by atoms with Gasteiger partial charge in [-0.1, -0.05) is 12.5 Å². The molecule has 0 saturated heterocycles. The lowest BCUT2D eigenvalue weighted by Gasteiger charge is -2.19. The highest BCUT2D eigenvalue weighted by Crippen LogP contribution is 2.27. The Kier molecular flexibility index (Phi) is 4.40.